The molecule has 1 fully saturated rings. The number of carbonyl (C=O) groups is 2. The second-order valence-electron chi connectivity index (χ2n) is 11.1. The summed E-state index contributed by atoms with van der Waals surface area (Å²) in [6.07, 6.45) is -3.50. The molecule has 4 aromatic rings. The van der Waals surface area contributed by atoms with Gasteiger partial charge < -0.3 is 38.5 Å². The number of esters is 1. The van der Waals surface area contributed by atoms with Crippen molar-refractivity contribution in [3.63, 3.8) is 0 Å². The quantitative estimate of drug-likeness (QED) is 0.268. The number of ether oxygens (including phenoxy) is 7. The van der Waals surface area contributed by atoms with Crippen molar-refractivity contribution in [1.82, 2.24) is 20.3 Å². The smallest absolute Gasteiger partial charge is 0.493 e. The van der Waals surface area contributed by atoms with Crippen LogP contribution in [-0.2, 0) is 9.53 Å². The minimum absolute atomic E-state index is 0.00537. The Labute approximate surface area is 270 Å². The molecule has 3 aliphatic rings. The Kier molecular flexibility index (Phi) is 7.64. The standard InChI is InChI=1S/C32H27F3N4O9/c1-42-24-8-15(9-25(43-2)29(24)44-3)26-18-10-22-23(47-14-46-22)11-19(18)28(20-13-45-31(41)27(20)26)36-30(40)21-12-39(38-37-21)16-4-6-17(7-5-16)48-32(33,34)35/h4-12,20,26-28H,13-14H2,1-3H3,(H,36,40)/t20-,26+,27-,28+/m0/s1. The van der Waals surface area contributed by atoms with Crippen LogP contribution in [0.15, 0.2) is 54.7 Å². The lowest BCUT2D eigenvalue weighted by Gasteiger charge is -2.39. The molecule has 48 heavy (non-hydrogen) atoms. The molecule has 3 aromatic carbocycles. The highest BCUT2D eigenvalue weighted by atomic mass is 19.4. The van der Waals surface area contributed by atoms with E-state index < -0.39 is 47.8 Å². The number of hydrogen-bond donors (Lipinski definition) is 1. The summed E-state index contributed by atoms with van der Waals surface area (Å²) in [4.78, 5) is 27.1. The number of fused-ring (bicyclic) bond motifs is 3. The van der Waals surface area contributed by atoms with Crippen molar-refractivity contribution >= 4 is 11.9 Å². The molecule has 16 heteroatoms. The molecule has 7 rings (SSSR count). The maximum Gasteiger partial charge on any atom is 0.573 e. The van der Waals surface area contributed by atoms with Crippen LogP contribution in [0.5, 0.6) is 34.5 Å². The van der Waals surface area contributed by atoms with Crippen molar-refractivity contribution in [3.8, 4) is 40.2 Å². The first kappa shape index (κ1) is 31.0. The molecule has 13 nitrogen and oxygen atoms in total. The topological polar surface area (TPSA) is 141 Å². The molecule has 0 bridgehead atoms. The Bertz CT molecular complexity index is 1870. The van der Waals surface area contributed by atoms with Crippen LogP contribution in [0.25, 0.3) is 5.69 Å². The van der Waals surface area contributed by atoms with Gasteiger partial charge in [-0.3, -0.25) is 9.59 Å². The van der Waals surface area contributed by atoms with Gasteiger partial charge in [0.05, 0.1) is 51.8 Å². The SMILES string of the molecule is COc1cc([C@@H]2c3cc4c(cc3[C@@H](NC(=O)c3cn(-c5ccc(OC(F)(F)F)cc5)nn3)[C@H]3COC(=O)[C@H]23)OCO4)cc(OC)c1OC. The predicted molar refractivity (Wildman–Crippen MR) is 157 cm³/mol. The zero-order chi connectivity index (χ0) is 33.7. The maximum atomic E-state index is 13.7. The van der Waals surface area contributed by atoms with Crippen LogP contribution in [0.1, 0.15) is 39.1 Å². The number of methoxy groups -OCH3 is 3. The minimum Gasteiger partial charge on any atom is -0.493 e. The van der Waals surface area contributed by atoms with Gasteiger partial charge in [-0.05, 0) is 65.2 Å². The van der Waals surface area contributed by atoms with Gasteiger partial charge in [0.1, 0.15) is 5.75 Å². The zero-order valence-electron chi connectivity index (χ0n) is 25.6. The molecule has 1 amide bonds. The molecule has 4 atom stereocenters. The number of amides is 1. The average Bonchev–Trinajstić information content (AvgIpc) is 3.83. The van der Waals surface area contributed by atoms with Gasteiger partial charge in [0, 0.05) is 11.8 Å². The van der Waals surface area contributed by atoms with Crippen LogP contribution < -0.4 is 33.7 Å². The van der Waals surface area contributed by atoms with E-state index in [1.165, 1.54) is 44.3 Å². The third kappa shape index (κ3) is 5.42. The van der Waals surface area contributed by atoms with Crippen LogP contribution in [0.2, 0.25) is 0 Å². The van der Waals surface area contributed by atoms with Crippen molar-refractivity contribution in [3.05, 3.63) is 77.1 Å². The normalized spacial score (nSPS) is 20.8. The summed E-state index contributed by atoms with van der Waals surface area (Å²) in [5, 5.41) is 11.0. The molecule has 1 aliphatic carbocycles. The number of carbonyl (C=O) groups excluding carboxylic acids is 2. The van der Waals surface area contributed by atoms with E-state index in [4.69, 9.17) is 28.4 Å². The largest absolute Gasteiger partial charge is 0.573 e. The highest BCUT2D eigenvalue weighted by Gasteiger charge is 2.53. The van der Waals surface area contributed by atoms with Gasteiger partial charge in [-0.15, -0.1) is 18.3 Å². The van der Waals surface area contributed by atoms with E-state index in [1.54, 1.807) is 24.3 Å². The lowest BCUT2D eigenvalue weighted by atomic mass is 9.65. The van der Waals surface area contributed by atoms with Crippen LogP contribution >= 0.6 is 0 Å². The summed E-state index contributed by atoms with van der Waals surface area (Å²) in [5.74, 6) is -1.08. The van der Waals surface area contributed by atoms with E-state index in [-0.39, 0.29) is 19.1 Å². The summed E-state index contributed by atoms with van der Waals surface area (Å²) in [6, 6.07) is 11.3. The van der Waals surface area contributed by atoms with E-state index in [9.17, 15) is 22.8 Å². The minimum atomic E-state index is -4.83. The fourth-order valence-electron chi connectivity index (χ4n) is 6.54. The van der Waals surface area contributed by atoms with Crippen molar-refractivity contribution in [2.75, 3.05) is 34.7 Å². The molecule has 0 saturated carbocycles. The highest BCUT2D eigenvalue weighted by molar-refractivity contribution is 5.92. The Morgan fingerprint density at radius 2 is 1.60 bits per heavy atom. The summed E-state index contributed by atoms with van der Waals surface area (Å²) < 4.78 is 76.5. The van der Waals surface area contributed by atoms with Gasteiger partial charge in [-0.2, -0.15) is 0 Å². The summed E-state index contributed by atoms with van der Waals surface area (Å²) in [5.41, 5.74) is 2.34. The number of hydrogen-bond acceptors (Lipinski definition) is 11. The first-order valence-corrected chi connectivity index (χ1v) is 14.6. The number of alkyl halides is 3. The first-order chi connectivity index (χ1) is 23.1. The van der Waals surface area contributed by atoms with Crippen LogP contribution in [0.4, 0.5) is 13.2 Å². The molecule has 3 heterocycles. The number of cyclic esters (lactones) is 1. The number of aromatic nitrogens is 3. The zero-order valence-corrected chi connectivity index (χ0v) is 25.6. The fourth-order valence-corrected chi connectivity index (χ4v) is 6.54. The average molecular weight is 669 g/mol. The summed E-state index contributed by atoms with van der Waals surface area (Å²) in [6.45, 7) is 0.0354. The van der Waals surface area contributed by atoms with Crippen molar-refractivity contribution in [2.45, 2.75) is 18.3 Å². The third-order valence-corrected chi connectivity index (χ3v) is 8.58. The van der Waals surface area contributed by atoms with Crippen molar-refractivity contribution < 1.29 is 55.9 Å². The molecule has 0 spiro atoms. The van der Waals surface area contributed by atoms with Crippen LogP contribution in [-0.4, -0.2) is 68.0 Å². The van der Waals surface area contributed by atoms with Crippen molar-refractivity contribution in [2.24, 2.45) is 11.8 Å². The second kappa shape index (κ2) is 11.8. The second-order valence-corrected chi connectivity index (χ2v) is 11.1. The summed E-state index contributed by atoms with van der Waals surface area (Å²) >= 11 is 0. The number of nitrogens with one attached hydrogen (secondary N) is 1. The monoisotopic (exact) mass is 668 g/mol. The van der Waals surface area contributed by atoms with E-state index in [0.29, 0.717) is 51.1 Å². The van der Waals surface area contributed by atoms with Gasteiger partial charge in [0.15, 0.2) is 28.7 Å². The lowest BCUT2D eigenvalue weighted by molar-refractivity contribution is -0.274. The molecule has 1 saturated heterocycles. The maximum absolute atomic E-state index is 13.7. The molecule has 2 aliphatic heterocycles. The summed E-state index contributed by atoms with van der Waals surface area (Å²) in [7, 11) is 4.50. The van der Waals surface area contributed by atoms with Gasteiger partial charge in [-0.1, -0.05) is 5.21 Å². The molecular formula is C32H27F3N4O9. The predicted octanol–water partition coefficient (Wildman–Crippen LogP) is 4.33. The number of rotatable bonds is 8. The molecule has 1 N–H and O–H groups in total. The molecule has 250 valence electrons. The number of nitrogens with zero attached hydrogens (tertiary/aromatic N) is 3. The van der Waals surface area contributed by atoms with Crippen molar-refractivity contribution in [1.29, 1.82) is 0 Å². The van der Waals surface area contributed by atoms with Crippen LogP contribution in [0, 0.1) is 11.8 Å². The fraction of sp³-hybridized carbons (Fsp3) is 0.312. The number of benzene rings is 3. The van der Waals surface area contributed by atoms with Gasteiger partial charge in [0.25, 0.3) is 5.91 Å². The first-order valence-electron chi connectivity index (χ1n) is 14.6. The van der Waals surface area contributed by atoms with Gasteiger partial charge in [-0.25, -0.2) is 4.68 Å². The van der Waals surface area contributed by atoms with E-state index in [2.05, 4.69) is 20.4 Å². The third-order valence-electron chi connectivity index (χ3n) is 8.58. The van der Waals surface area contributed by atoms with Gasteiger partial charge >= 0.3 is 12.3 Å². The van der Waals surface area contributed by atoms with E-state index >= 15 is 0 Å². The molecular weight excluding hydrogens is 641 g/mol. The Hall–Kier alpha value is -5.67. The number of halogens is 3. The molecule has 0 radical (unpaired) electrons. The molecule has 1 aromatic heterocycles. The Balaban J connectivity index is 1.25. The lowest BCUT2D eigenvalue weighted by Crippen LogP contribution is -2.43. The Morgan fingerprint density at radius 3 is 2.23 bits per heavy atom. The molecule has 0 unspecified atom stereocenters. The van der Waals surface area contributed by atoms with E-state index in [0.717, 1.165) is 12.1 Å². The Morgan fingerprint density at radius 1 is 0.938 bits per heavy atom. The highest BCUT2D eigenvalue weighted by Crippen LogP contribution is 2.55. The van der Waals surface area contributed by atoms with Crippen LogP contribution in [0.3, 0.4) is 0 Å². The van der Waals surface area contributed by atoms with E-state index in [1.807, 2.05) is 0 Å². The van der Waals surface area contributed by atoms with Gasteiger partial charge in [0.2, 0.25) is 12.5 Å².